The van der Waals surface area contributed by atoms with Crippen LogP contribution in [-0.4, -0.2) is 0 Å². The van der Waals surface area contributed by atoms with E-state index in [4.69, 9.17) is 4.42 Å². The van der Waals surface area contributed by atoms with Gasteiger partial charge in [0.25, 0.3) is 0 Å². The molecule has 8 aromatic carbocycles. The molecule has 0 bridgehead atoms. The molecule has 10 rings (SSSR count). The summed E-state index contributed by atoms with van der Waals surface area (Å²) in [6.45, 7) is 0. The number of benzene rings is 8. The van der Waals surface area contributed by atoms with E-state index in [1.807, 2.05) is 23.5 Å². The fraction of sp³-hybridized carbons (Fsp3) is 0. The maximum absolute atomic E-state index is 6.30. The first kappa shape index (κ1) is 27.9. The van der Waals surface area contributed by atoms with Gasteiger partial charge in [0.15, 0.2) is 0 Å². The Bertz CT molecular complexity index is 2830. The molecule has 0 unspecified atom stereocenters. The molecule has 0 spiro atoms. The van der Waals surface area contributed by atoms with Crippen molar-refractivity contribution >= 4 is 81.3 Å². The first-order valence-electron chi connectivity index (χ1n) is 16.6. The Morgan fingerprint density at radius 1 is 0.408 bits per heavy atom. The highest BCUT2D eigenvalue weighted by molar-refractivity contribution is 7.25. The predicted octanol–water partition coefficient (Wildman–Crippen LogP) is 13.9. The Morgan fingerprint density at radius 2 is 1.12 bits per heavy atom. The van der Waals surface area contributed by atoms with Gasteiger partial charge in [-0.2, -0.15) is 0 Å². The molecule has 0 saturated carbocycles. The molecule has 2 aromatic heterocycles. The summed E-state index contributed by atoms with van der Waals surface area (Å²) in [6.07, 6.45) is 0. The van der Waals surface area contributed by atoms with E-state index >= 15 is 0 Å². The van der Waals surface area contributed by atoms with E-state index in [0.29, 0.717) is 0 Å². The summed E-state index contributed by atoms with van der Waals surface area (Å²) in [5.41, 5.74) is 9.98. The first-order chi connectivity index (χ1) is 24.3. The molecule has 0 aliphatic rings. The third kappa shape index (κ3) is 4.62. The Labute approximate surface area is 287 Å². The van der Waals surface area contributed by atoms with E-state index in [1.54, 1.807) is 0 Å². The van der Waals surface area contributed by atoms with Gasteiger partial charge in [0.05, 0.1) is 5.69 Å². The molecule has 2 heterocycles. The number of rotatable bonds is 5. The van der Waals surface area contributed by atoms with Crippen LogP contribution in [0.5, 0.6) is 0 Å². The van der Waals surface area contributed by atoms with Gasteiger partial charge in [0.1, 0.15) is 11.2 Å². The quantitative estimate of drug-likeness (QED) is 0.186. The lowest BCUT2D eigenvalue weighted by Crippen LogP contribution is -2.10. The van der Waals surface area contributed by atoms with Crippen molar-refractivity contribution in [2.75, 3.05) is 4.90 Å². The van der Waals surface area contributed by atoms with Crippen LogP contribution >= 0.6 is 11.3 Å². The van der Waals surface area contributed by atoms with Crippen LogP contribution in [0.4, 0.5) is 17.1 Å². The van der Waals surface area contributed by atoms with Gasteiger partial charge in [-0.1, -0.05) is 115 Å². The van der Waals surface area contributed by atoms with Crippen molar-refractivity contribution in [1.29, 1.82) is 0 Å². The van der Waals surface area contributed by atoms with Gasteiger partial charge in [-0.05, 0) is 88.3 Å². The molecule has 10 aromatic rings. The Morgan fingerprint density at radius 3 is 2.02 bits per heavy atom. The minimum Gasteiger partial charge on any atom is -0.456 e. The highest BCUT2D eigenvalue weighted by Crippen LogP contribution is 2.45. The van der Waals surface area contributed by atoms with E-state index in [-0.39, 0.29) is 0 Å². The number of thiophene rings is 1. The molecular weight excluding hydrogens is 615 g/mol. The molecule has 0 N–H and O–H groups in total. The van der Waals surface area contributed by atoms with Gasteiger partial charge < -0.3 is 9.32 Å². The Kier molecular flexibility index (Phi) is 6.39. The highest BCUT2D eigenvalue weighted by atomic mass is 32.1. The summed E-state index contributed by atoms with van der Waals surface area (Å²) in [5.74, 6) is 0. The minimum absolute atomic E-state index is 0.905. The van der Waals surface area contributed by atoms with Crippen LogP contribution in [-0.2, 0) is 0 Å². The van der Waals surface area contributed by atoms with Gasteiger partial charge in [-0.3, -0.25) is 0 Å². The third-order valence-electron chi connectivity index (χ3n) is 9.65. The molecule has 0 aliphatic carbocycles. The van der Waals surface area contributed by atoms with Gasteiger partial charge >= 0.3 is 0 Å². The van der Waals surface area contributed by atoms with Gasteiger partial charge in [0.2, 0.25) is 0 Å². The van der Waals surface area contributed by atoms with Crippen molar-refractivity contribution in [3.8, 4) is 22.3 Å². The zero-order valence-electron chi connectivity index (χ0n) is 26.5. The van der Waals surface area contributed by atoms with Crippen molar-refractivity contribution in [3.63, 3.8) is 0 Å². The zero-order valence-corrected chi connectivity index (χ0v) is 27.3. The van der Waals surface area contributed by atoms with Crippen LogP contribution < -0.4 is 4.90 Å². The first-order valence-corrected chi connectivity index (χ1v) is 17.4. The van der Waals surface area contributed by atoms with Gasteiger partial charge in [-0.25, -0.2) is 0 Å². The normalized spacial score (nSPS) is 11.7. The lowest BCUT2D eigenvalue weighted by Gasteiger charge is -2.27. The van der Waals surface area contributed by atoms with Gasteiger partial charge in [-0.15, -0.1) is 11.3 Å². The summed E-state index contributed by atoms with van der Waals surface area (Å²) in [7, 11) is 0. The summed E-state index contributed by atoms with van der Waals surface area (Å²) < 4.78 is 8.92. The second kappa shape index (κ2) is 11.2. The molecule has 0 amide bonds. The van der Waals surface area contributed by atoms with Crippen molar-refractivity contribution in [2.24, 2.45) is 0 Å². The number of fused-ring (bicyclic) bond motifs is 7. The summed E-state index contributed by atoms with van der Waals surface area (Å²) in [4.78, 5) is 2.40. The zero-order chi connectivity index (χ0) is 32.3. The van der Waals surface area contributed by atoms with Crippen LogP contribution in [0.15, 0.2) is 180 Å². The summed E-state index contributed by atoms with van der Waals surface area (Å²) in [6, 6.07) is 63.3. The monoisotopic (exact) mass is 643 g/mol. The largest absolute Gasteiger partial charge is 0.456 e. The SMILES string of the molecule is c1ccc(-c2ccc(N(c3cccc(-c4cccc5sc6ccccc6c45)c3)c3cccc4cc5oc6ccccc6c5cc34)cc2)cc1. The molecule has 0 aliphatic heterocycles. The molecule has 0 atom stereocenters. The smallest absolute Gasteiger partial charge is 0.136 e. The maximum Gasteiger partial charge on any atom is 0.136 e. The molecule has 230 valence electrons. The van der Waals surface area contributed by atoms with E-state index in [2.05, 4.69) is 169 Å². The second-order valence-corrected chi connectivity index (χ2v) is 13.6. The summed E-state index contributed by atoms with van der Waals surface area (Å²) in [5, 5.41) is 7.19. The highest BCUT2D eigenvalue weighted by Gasteiger charge is 2.19. The third-order valence-corrected chi connectivity index (χ3v) is 10.8. The van der Waals surface area contributed by atoms with Crippen molar-refractivity contribution in [2.45, 2.75) is 0 Å². The maximum atomic E-state index is 6.30. The molecule has 0 fully saturated rings. The molecule has 3 heteroatoms. The van der Waals surface area contributed by atoms with Crippen LogP contribution in [0.2, 0.25) is 0 Å². The van der Waals surface area contributed by atoms with Crippen molar-refractivity contribution in [3.05, 3.63) is 176 Å². The van der Waals surface area contributed by atoms with E-state index < -0.39 is 0 Å². The average molecular weight is 644 g/mol. The van der Waals surface area contributed by atoms with Gasteiger partial charge in [0, 0.05) is 47.7 Å². The molecule has 0 saturated heterocycles. The standard InChI is InChI=1S/C46H29NOS/c1-2-11-30(12-3-1)31-23-25-34(26-24-31)47(41-19-9-14-33-28-43-40(29-39(33)41)37-16-4-6-20-42(37)48-43)35-15-8-13-32(27-35)36-18-10-22-45-46(36)38-17-5-7-21-44(38)49-45/h1-29H. The Balaban J connectivity index is 1.20. The number of hydrogen-bond donors (Lipinski definition) is 0. The average Bonchev–Trinajstić information content (AvgIpc) is 3.73. The molecular formula is C46H29NOS. The number of furan rings is 1. The van der Waals surface area contributed by atoms with E-state index in [1.165, 1.54) is 47.8 Å². The molecule has 2 nitrogen and oxygen atoms in total. The van der Waals surface area contributed by atoms with Crippen LogP contribution in [0.25, 0.3) is 75.1 Å². The van der Waals surface area contributed by atoms with Crippen LogP contribution in [0.3, 0.4) is 0 Å². The van der Waals surface area contributed by atoms with Crippen LogP contribution in [0, 0.1) is 0 Å². The molecule has 49 heavy (non-hydrogen) atoms. The fourth-order valence-corrected chi connectivity index (χ4v) is 8.50. The van der Waals surface area contributed by atoms with E-state index in [9.17, 15) is 0 Å². The number of para-hydroxylation sites is 1. The molecule has 0 radical (unpaired) electrons. The lowest BCUT2D eigenvalue weighted by atomic mass is 9.98. The van der Waals surface area contributed by atoms with E-state index in [0.717, 1.165) is 44.4 Å². The minimum atomic E-state index is 0.905. The van der Waals surface area contributed by atoms with Crippen molar-refractivity contribution < 1.29 is 4.42 Å². The fourth-order valence-electron chi connectivity index (χ4n) is 7.36. The topological polar surface area (TPSA) is 16.4 Å². The number of nitrogens with zero attached hydrogens (tertiary/aromatic N) is 1. The summed E-state index contributed by atoms with van der Waals surface area (Å²) >= 11 is 1.86. The Hall–Kier alpha value is -6.16. The second-order valence-electron chi connectivity index (χ2n) is 12.5. The van der Waals surface area contributed by atoms with Crippen LogP contribution in [0.1, 0.15) is 0 Å². The number of hydrogen-bond acceptors (Lipinski definition) is 3. The van der Waals surface area contributed by atoms with Crippen molar-refractivity contribution in [1.82, 2.24) is 0 Å². The number of anilines is 3. The predicted molar refractivity (Wildman–Crippen MR) is 210 cm³/mol. The lowest BCUT2D eigenvalue weighted by molar-refractivity contribution is 0.669.